The van der Waals surface area contributed by atoms with E-state index in [1.807, 2.05) is 0 Å². The molecule has 1 unspecified atom stereocenters. The highest BCUT2D eigenvalue weighted by molar-refractivity contribution is 5.92. The molecule has 3 aromatic rings. The zero-order valence-electron chi connectivity index (χ0n) is 17.1. The van der Waals surface area contributed by atoms with Crippen molar-refractivity contribution in [2.24, 2.45) is 0 Å². The Morgan fingerprint density at radius 2 is 1.74 bits per heavy atom. The van der Waals surface area contributed by atoms with Crippen molar-refractivity contribution in [1.29, 1.82) is 0 Å². The summed E-state index contributed by atoms with van der Waals surface area (Å²) in [6.07, 6.45) is -4.86. The van der Waals surface area contributed by atoms with Crippen molar-refractivity contribution in [2.75, 3.05) is 0 Å². The van der Waals surface area contributed by atoms with Gasteiger partial charge in [-0.25, -0.2) is 0 Å². The van der Waals surface area contributed by atoms with E-state index < -0.39 is 50.5 Å². The van der Waals surface area contributed by atoms with E-state index in [4.69, 9.17) is 0 Å². The van der Waals surface area contributed by atoms with Gasteiger partial charge in [-0.3, -0.25) is 29.8 Å². The molecule has 0 aliphatic carbocycles. The number of amides is 1. The Bertz CT molecular complexity index is 1360. The van der Waals surface area contributed by atoms with Crippen LogP contribution in [0.2, 0.25) is 0 Å². The number of rotatable bonds is 6. The molecule has 1 aromatic heterocycles. The summed E-state index contributed by atoms with van der Waals surface area (Å²) in [5.41, 5.74) is -4.05. The normalized spacial score (nSPS) is 12.1. The highest BCUT2D eigenvalue weighted by atomic mass is 19.4. The largest absolute Gasteiger partial charge is 0.416 e. The molecule has 1 heterocycles. The Morgan fingerprint density at radius 1 is 1.06 bits per heavy atom. The van der Waals surface area contributed by atoms with Crippen molar-refractivity contribution in [3.63, 3.8) is 0 Å². The van der Waals surface area contributed by atoms with Crippen LogP contribution in [0.1, 0.15) is 34.6 Å². The Kier molecular flexibility index (Phi) is 6.42. The van der Waals surface area contributed by atoms with Crippen LogP contribution in [0.25, 0.3) is 5.69 Å². The Hall–Kier alpha value is -4.62. The summed E-state index contributed by atoms with van der Waals surface area (Å²) < 4.78 is 40.1. The number of alkyl halides is 3. The van der Waals surface area contributed by atoms with Crippen molar-refractivity contribution < 1.29 is 27.8 Å². The number of non-ortho nitro benzene ring substituents is 1. The van der Waals surface area contributed by atoms with Crippen LogP contribution in [0.3, 0.4) is 0 Å². The first-order valence-electron chi connectivity index (χ1n) is 9.40. The second kappa shape index (κ2) is 9.09. The SMILES string of the molecule is CC(NC(=O)c1ccc(=O)n(-c2ccccc2[N+](=O)[O-])n1)c1cc([N+](=O)[O-])cc(C(F)(F)F)c1. The maximum absolute atomic E-state index is 13.1. The summed E-state index contributed by atoms with van der Waals surface area (Å²) in [6.45, 7) is 1.30. The van der Waals surface area contributed by atoms with E-state index in [2.05, 4.69) is 10.4 Å². The number of aromatic nitrogens is 2. The molecule has 1 N–H and O–H groups in total. The summed E-state index contributed by atoms with van der Waals surface area (Å²) >= 11 is 0. The van der Waals surface area contributed by atoms with Gasteiger partial charge in [0, 0.05) is 24.3 Å². The van der Waals surface area contributed by atoms with Gasteiger partial charge in [0.15, 0.2) is 0 Å². The smallest absolute Gasteiger partial charge is 0.344 e. The first-order valence-corrected chi connectivity index (χ1v) is 9.40. The third kappa shape index (κ3) is 5.06. The van der Waals surface area contributed by atoms with Crippen LogP contribution in [0.15, 0.2) is 59.4 Å². The summed E-state index contributed by atoms with van der Waals surface area (Å²) in [5, 5.41) is 28.5. The summed E-state index contributed by atoms with van der Waals surface area (Å²) in [5.74, 6) is -0.931. The second-order valence-electron chi connectivity index (χ2n) is 6.98. The van der Waals surface area contributed by atoms with Crippen molar-refractivity contribution in [1.82, 2.24) is 15.1 Å². The third-order valence-electron chi connectivity index (χ3n) is 4.67. The first kappa shape index (κ1) is 24.0. The molecule has 0 saturated heterocycles. The Morgan fingerprint density at radius 3 is 2.35 bits per heavy atom. The van der Waals surface area contributed by atoms with Crippen LogP contribution < -0.4 is 10.9 Å². The number of halogens is 3. The minimum absolute atomic E-state index is 0.193. The number of nitro benzene ring substituents is 2. The van der Waals surface area contributed by atoms with Crippen molar-refractivity contribution in [3.8, 4) is 5.69 Å². The zero-order chi connectivity index (χ0) is 25.2. The number of carbonyl (C=O) groups excluding carboxylic acids is 1. The van der Waals surface area contributed by atoms with Crippen LogP contribution in [-0.4, -0.2) is 25.5 Å². The lowest BCUT2D eigenvalue weighted by Gasteiger charge is -2.16. The number of benzene rings is 2. The molecule has 14 heteroatoms. The summed E-state index contributed by atoms with van der Waals surface area (Å²) in [7, 11) is 0. The number of nitro groups is 2. The highest BCUT2D eigenvalue weighted by Gasteiger charge is 2.33. The minimum atomic E-state index is -4.86. The van der Waals surface area contributed by atoms with Crippen LogP contribution in [0.5, 0.6) is 0 Å². The highest BCUT2D eigenvalue weighted by Crippen LogP contribution is 2.34. The molecule has 34 heavy (non-hydrogen) atoms. The number of nitrogens with one attached hydrogen (secondary N) is 1. The maximum atomic E-state index is 13.1. The van der Waals surface area contributed by atoms with Gasteiger partial charge in [-0.15, -0.1) is 0 Å². The van der Waals surface area contributed by atoms with Crippen molar-refractivity contribution in [3.05, 3.63) is 102 Å². The number of hydrogen-bond acceptors (Lipinski definition) is 7. The molecule has 0 fully saturated rings. The second-order valence-corrected chi connectivity index (χ2v) is 6.98. The van der Waals surface area contributed by atoms with Gasteiger partial charge in [0.2, 0.25) is 0 Å². The van der Waals surface area contributed by atoms with Gasteiger partial charge >= 0.3 is 6.18 Å². The van der Waals surface area contributed by atoms with Gasteiger partial charge in [0.25, 0.3) is 22.8 Å². The molecule has 0 aliphatic rings. The third-order valence-corrected chi connectivity index (χ3v) is 4.67. The quantitative estimate of drug-likeness (QED) is 0.421. The summed E-state index contributed by atoms with van der Waals surface area (Å²) in [6, 6.07) is 7.97. The lowest BCUT2D eigenvalue weighted by atomic mass is 10.0. The predicted octanol–water partition coefficient (Wildman–Crippen LogP) is 3.56. The molecular weight excluding hydrogens is 463 g/mol. The minimum Gasteiger partial charge on any atom is -0.344 e. The standard InChI is InChI=1S/C20H14F3N5O6/c1-11(12-8-13(20(21,22)23)10-14(9-12)27(31)32)24-19(30)15-6-7-18(29)26(25-15)16-4-2-3-5-17(16)28(33)34/h2-11H,1H3,(H,24,30). The molecule has 0 saturated carbocycles. The predicted molar refractivity (Wildman–Crippen MR) is 110 cm³/mol. The molecule has 1 amide bonds. The molecule has 0 bridgehead atoms. The Labute approximate surface area is 187 Å². The average molecular weight is 477 g/mol. The molecule has 0 aliphatic heterocycles. The molecule has 0 radical (unpaired) electrons. The fourth-order valence-corrected chi connectivity index (χ4v) is 3.01. The van der Waals surface area contributed by atoms with Gasteiger partial charge in [0.1, 0.15) is 11.4 Å². The van der Waals surface area contributed by atoms with Crippen molar-refractivity contribution in [2.45, 2.75) is 19.1 Å². The fourth-order valence-electron chi connectivity index (χ4n) is 3.01. The number of para-hydroxylation sites is 2. The van der Waals surface area contributed by atoms with Crippen LogP contribution >= 0.6 is 0 Å². The topological polar surface area (TPSA) is 150 Å². The van der Waals surface area contributed by atoms with Crippen molar-refractivity contribution >= 4 is 17.3 Å². The lowest BCUT2D eigenvalue weighted by Crippen LogP contribution is -2.31. The number of nitrogens with zero attached hydrogens (tertiary/aromatic N) is 4. The van der Waals surface area contributed by atoms with E-state index in [1.165, 1.54) is 25.1 Å². The van der Waals surface area contributed by atoms with E-state index in [0.717, 1.165) is 24.3 Å². The van der Waals surface area contributed by atoms with E-state index >= 15 is 0 Å². The number of carbonyl (C=O) groups is 1. The van der Waals surface area contributed by atoms with E-state index in [0.29, 0.717) is 16.8 Å². The van der Waals surface area contributed by atoms with Crippen LogP contribution in [0, 0.1) is 20.2 Å². The van der Waals surface area contributed by atoms with Gasteiger partial charge in [-0.1, -0.05) is 12.1 Å². The molecule has 3 rings (SSSR count). The van der Waals surface area contributed by atoms with E-state index in [1.54, 1.807) is 0 Å². The molecule has 1 atom stereocenters. The van der Waals surface area contributed by atoms with Crippen LogP contribution in [0.4, 0.5) is 24.5 Å². The van der Waals surface area contributed by atoms with Gasteiger partial charge in [-0.05, 0) is 30.7 Å². The zero-order valence-corrected chi connectivity index (χ0v) is 17.1. The van der Waals surface area contributed by atoms with E-state index in [9.17, 15) is 43.0 Å². The van der Waals surface area contributed by atoms with Crippen LogP contribution in [-0.2, 0) is 6.18 Å². The molecule has 11 nitrogen and oxygen atoms in total. The van der Waals surface area contributed by atoms with Gasteiger partial charge < -0.3 is 5.32 Å². The van der Waals surface area contributed by atoms with Gasteiger partial charge in [0.05, 0.1) is 21.5 Å². The maximum Gasteiger partial charge on any atom is 0.416 e. The lowest BCUT2D eigenvalue weighted by molar-refractivity contribution is -0.385. The summed E-state index contributed by atoms with van der Waals surface area (Å²) in [4.78, 5) is 45.5. The fraction of sp³-hybridized carbons (Fsp3) is 0.150. The monoisotopic (exact) mass is 477 g/mol. The molecular formula is C20H14F3N5O6. The van der Waals surface area contributed by atoms with Gasteiger partial charge in [-0.2, -0.15) is 23.0 Å². The molecule has 2 aromatic carbocycles. The molecule has 176 valence electrons. The van der Waals surface area contributed by atoms with E-state index in [-0.39, 0.29) is 16.9 Å². The number of hydrogen-bond donors (Lipinski definition) is 1. The molecule has 0 spiro atoms. The Balaban J connectivity index is 1.95. The average Bonchev–Trinajstić information content (AvgIpc) is 2.78. The first-order chi connectivity index (χ1) is 15.9.